The van der Waals surface area contributed by atoms with Gasteiger partial charge in [0.1, 0.15) is 0 Å². The van der Waals surface area contributed by atoms with Crippen LogP contribution in [0.2, 0.25) is 0 Å². The summed E-state index contributed by atoms with van der Waals surface area (Å²) in [7, 11) is 0. The van der Waals surface area contributed by atoms with E-state index in [2.05, 4.69) is 13.8 Å². The third-order valence-corrected chi connectivity index (χ3v) is 3.67. The van der Waals surface area contributed by atoms with E-state index in [9.17, 15) is 4.79 Å². The van der Waals surface area contributed by atoms with Crippen LogP contribution >= 0.6 is 11.6 Å². The minimum absolute atomic E-state index is 0.204. The highest BCUT2D eigenvalue weighted by molar-refractivity contribution is 6.17. The zero-order chi connectivity index (χ0) is 12.7. The smallest absolute Gasteiger partial charge is 0.225 e. The molecule has 1 heterocycles. The van der Waals surface area contributed by atoms with E-state index >= 15 is 0 Å². The van der Waals surface area contributed by atoms with Crippen LogP contribution in [0.4, 0.5) is 0 Å². The Morgan fingerprint density at radius 2 is 1.94 bits per heavy atom. The monoisotopic (exact) mass is 261 g/mol. The molecular weight excluding hydrogens is 238 g/mol. The number of hydrogen-bond donors (Lipinski definition) is 0. The normalized spacial score (nSPS) is 17.8. The van der Waals surface area contributed by atoms with E-state index in [0.717, 1.165) is 38.8 Å². The molecule has 0 aromatic heterocycles. The molecule has 0 aliphatic carbocycles. The van der Waals surface area contributed by atoms with Gasteiger partial charge >= 0.3 is 0 Å². The number of carbonyl (C=O) groups is 1. The van der Waals surface area contributed by atoms with Crippen molar-refractivity contribution < 1.29 is 9.53 Å². The molecule has 0 aromatic rings. The number of piperidine rings is 1. The lowest BCUT2D eigenvalue weighted by atomic mass is 9.99. The Bertz CT molecular complexity index is 223. The van der Waals surface area contributed by atoms with Crippen molar-refractivity contribution in [3.8, 4) is 0 Å². The Hall–Kier alpha value is -0.280. The zero-order valence-corrected chi connectivity index (χ0v) is 11.7. The van der Waals surface area contributed by atoms with E-state index in [0.29, 0.717) is 24.5 Å². The Morgan fingerprint density at radius 3 is 2.41 bits per heavy atom. The van der Waals surface area contributed by atoms with Gasteiger partial charge in [-0.05, 0) is 25.7 Å². The number of carbonyl (C=O) groups excluding carboxylic acids is 1. The lowest BCUT2D eigenvalue weighted by molar-refractivity contribution is -0.138. The van der Waals surface area contributed by atoms with Crippen molar-refractivity contribution in [2.45, 2.75) is 45.6 Å². The highest BCUT2D eigenvalue weighted by Gasteiger charge is 2.26. The van der Waals surface area contributed by atoms with Gasteiger partial charge in [-0.15, -0.1) is 11.6 Å². The van der Waals surface area contributed by atoms with E-state index in [1.54, 1.807) is 0 Å². The first-order valence-corrected chi connectivity index (χ1v) is 7.22. The molecule has 0 atom stereocenters. The van der Waals surface area contributed by atoms with Crippen LogP contribution in [0.5, 0.6) is 0 Å². The van der Waals surface area contributed by atoms with Crippen LogP contribution in [0.3, 0.4) is 0 Å². The number of alkyl halides is 1. The predicted octanol–water partition coefficient (Wildman–Crippen LogP) is 2.67. The molecule has 3 nitrogen and oxygen atoms in total. The predicted molar refractivity (Wildman–Crippen MR) is 70.3 cm³/mol. The van der Waals surface area contributed by atoms with Gasteiger partial charge in [0.2, 0.25) is 5.91 Å². The third kappa shape index (κ3) is 4.47. The van der Waals surface area contributed by atoms with Gasteiger partial charge in [-0.3, -0.25) is 4.79 Å². The Kier molecular flexibility index (Phi) is 6.90. The lowest BCUT2D eigenvalue weighted by Gasteiger charge is -2.33. The first-order valence-electron chi connectivity index (χ1n) is 6.69. The quantitative estimate of drug-likeness (QED) is 0.688. The summed E-state index contributed by atoms with van der Waals surface area (Å²) in [5.74, 6) is 1.08. The van der Waals surface area contributed by atoms with Gasteiger partial charge in [0.25, 0.3) is 0 Å². The zero-order valence-electron chi connectivity index (χ0n) is 11.0. The number of ether oxygens (including phenoxy) is 1. The number of rotatable bonds is 6. The SMILES string of the molecule is CCC(CC)C(=O)N1CCC(OCCCl)CC1. The molecule has 100 valence electrons. The summed E-state index contributed by atoms with van der Waals surface area (Å²) in [6.45, 7) is 6.46. The third-order valence-electron chi connectivity index (χ3n) is 3.52. The van der Waals surface area contributed by atoms with Gasteiger partial charge in [0.15, 0.2) is 0 Å². The average molecular weight is 262 g/mol. The van der Waals surface area contributed by atoms with Crippen molar-refractivity contribution >= 4 is 17.5 Å². The fourth-order valence-corrected chi connectivity index (χ4v) is 2.44. The minimum atomic E-state index is 0.204. The standard InChI is InChI=1S/C13H24ClNO2/c1-3-11(4-2)13(16)15-8-5-12(6-9-15)17-10-7-14/h11-12H,3-10H2,1-2H3. The van der Waals surface area contributed by atoms with E-state index in [4.69, 9.17) is 16.3 Å². The molecule has 0 unspecified atom stereocenters. The summed E-state index contributed by atoms with van der Waals surface area (Å²) in [5, 5.41) is 0. The minimum Gasteiger partial charge on any atom is -0.377 e. The molecule has 1 rings (SSSR count). The van der Waals surface area contributed by atoms with Crippen molar-refractivity contribution in [1.82, 2.24) is 4.90 Å². The van der Waals surface area contributed by atoms with Gasteiger partial charge in [0.05, 0.1) is 12.7 Å². The second-order valence-corrected chi connectivity index (χ2v) is 4.98. The second kappa shape index (κ2) is 7.93. The van der Waals surface area contributed by atoms with Crippen LogP contribution in [0.15, 0.2) is 0 Å². The maximum atomic E-state index is 12.1. The highest BCUT2D eigenvalue weighted by Crippen LogP contribution is 2.18. The van der Waals surface area contributed by atoms with Gasteiger partial charge in [-0.1, -0.05) is 13.8 Å². The first-order chi connectivity index (χ1) is 8.22. The van der Waals surface area contributed by atoms with Crippen molar-refractivity contribution in [3.05, 3.63) is 0 Å². The number of halogens is 1. The first kappa shape index (κ1) is 14.8. The molecule has 0 spiro atoms. The summed E-state index contributed by atoms with van der Waals surface area (Å²) in [6, 6.07) is 0. The topological polar surface area (TPSA) is 29.5 Å². The maximum Gasteiger partial charge on any atom is 0.225 e. The molecule has 0 bridgehead atoms. The second-order valence-electron chi connectivity index (χ2n) is 4.60. The van der Waals surface area contributed by atoms with Gasteiger partial charge in [-0.25, -0.2) is 0 Å². The van der Waals surface area contributed by atoms with Crippen LogP contribution in [0.1, 0.15) is 39.5 Å². The van der Waals surface area contributed by atoms with Crippen molar-refractivity contribution in [1.29, 1.82) is 0 Å². The molecule has 17 heavy (non-hydrogen) atoms. The number of likely N-dealkylation sites (tertiary alicyclic amines) is 1. The molecule has 0 aromatic carbocycles. The highest BCUT2D eigenvalue weighted by atomic mass is 35.5. The van der Waals surface area contributed by atoms with E-state index in [-0.39, 0.29) is 5.92 Å². The van der Waals surface area contributed by atoms with E-state index in [1.807, 2.05) is 4.90 Å². The van der Waals surface area contributed by atoms with Crippen LogP contribution in [-0.2, 0) is 9.53 Å². The van der Waals surface area contributed by atoms with E-state index in [1.165, 1.54) is 0 Å². The van der Waals surface area contributed by atoms with Crippen molar-refractivity contribution in [2.75, 3.05) is 25.6 Å². The molecule has 4 heteroatoms. The Labute approximate surface area is 109 Å². The summed E-state index contributed by atoms with van der Waals surface area (Å²) >= 11 is 5.59. The lowest BCUT2D eigenvalue weighted by Crippen LogP contribution is -2.43. The molecule has 1 amide bonds. The van der Waals surface area contributed by atoms with Gasteiger partial charge in [-0.2, -0.15) is 0 Å². The number of nitrogens with zero attached hydrogens (tertiary/aromatic N) is 1. The van der Waals surface area contributed by atoms with Crippen LogP contribution in [-0.4, -0.2) is 42.5 Å². The van der Waals surface area contributed by atoms with Crippen LogP contribution < -0.4 is 0 Å². The molecule has 1 aliphatic rings. The summed E-state index contributed by atoms with van der Waals surface area (Å²) in [6.07, 6.45) is 4.07. The average Bonchev–Trinajstić information content (AvgIpc) is 2.38. The van der Waals surface area contributed by atoms with Crippen LogP contribution in [0, 0.1) is 5.92 Å². The largest absolute Gasteiger partial charge is 0.377 e. The van der Waals surface area contributed by atoms with E-state index < -0.39 is 0 Å². The molecule has 0 radical (unpaired) electrons. The Morgan fingerprint density at radius 1 is 1.35 bits per heavy atom. The van der Waals surface area contributed by atoms with Crippen molar-refractivity contribution in [3.63, 3.8) is 0 Å². The summed E-state index contributed by atoms with van der Waals surface area (Å²) < 4.78 is 5.60. The summed E-state index contributed by atoms with van der Waals surface area (Å²) in [4.78, 5) is 14.1. The molecule has 1 fully saturated rings. The molecule has 0 N–H and O–H groups in total. The fourth-order valence-electron chi connectivity index (χ4n) is 2.35. The Balaban J connectivity index is 2.33. The molecule has 0 saturated carbocycles. The number of amides is 1. The number of hydrogen-bond acceptors (Lipinski definition) is 2. The molecule has 1 saturated heterocycles. The van der Waals surface area contributed by atoms with Crippen molar-refractivity contribution in [2.24, 2.45) is 5.92 Å². The van der Waals surface area contributed by atoms with Gasteiger partial charge < -0.3 is 9.64 Å². The molecule has 1 aliphatic heterocycles. The van der Waals surface area contributed by atoms with Gasteiger partial charge in [0, 0.05) is 24.9 Å². The summed E-state index contributed by atoms with van der Waals surface area (Å²) in [5.41, 5.74) is 0. The van der Waals surface area contributed by atoms with Crippen LogP contribution in [0.25, 0.3) is 0 Å². The fraction of sp³-hybridized carbons (Fsp3) is 0.923. The maximum absolute atomic E-state index is 12.1. The molecular formula is C13H24ClNO2.